The molecule has 0 rings (SSSR count). The molecule has 1 atom stereocenters. The van der Waals surface area contributed by atoms with Crippen LogP contribution in [0, 0.1) is 5.92 Å². The molecule has 4 heteroatoms. The zero-order chi connectivity index (χ0) is 16.6. The topological polar surface area (TPSA) is 63.6 Å². The molecule has 0 saturated heterocycles. The largest absolute Gasteiger partial charge is 0.481 e. The summed E-state index contributed by atoms with van der Waals surface area (Å²) in [6.07, 6.45) is 11.2. The van der Waals surface area contributed by atoms with Crippen LogP contribution in [0.1, 0.15) is 90.9 Å². The number of unbranched alkanes of at least 4 members (excludes halogenated alkanes) is 6. The van der Waals surface area contributed by atoms with Crippen molar-refractivity contribution >= 4 is 11.9 Å². The highest BCUT2D eigenvalue weighted by molar-refractivity contribution is 5.72. The van der Waals surface area contributed by atoms with E-state index in [4.69, 9.17) is 9.84 Å². The van der Waals surface area contributed by atoms with Crippen LogP contribution in [0.3, 0.4) is 0 Å². The molecule has 0 aromatic rings. The highest BCUT2D eigenvalue weighted by Crippen LogP contribution is 2.19. The van der Waals surface area contributed by atoms with Crippen molar-refractivity contribution in [1.29, 1.82) is 0 Å². The molecule has 0 aliphatic carbocycles. The van der Waals surface area contributed by atoms with E-state index in [1.165, 1.54) is 25.7 Å². The summed E-state index contributed by atoms with van der Waals surface area (Å²) >= 11 is 0. The molecule has 0 spiro atoms. The average Bonchev–Trinajstić information content (AvgIpc) is 2.48. The van der Waals surface area contributed by atoms with Crippen molar-refractivity contribution in [1.82, 2.24) is 0 Å². The number of hydrogen-bond acceptors (Lipinski definition) is 3. The van der Waals surface area contributed by atoms with Crippen LogP contribution < -0.4 is 0 Å². The van der Waals surface area contributed by atoms with Crippen LogP contribution in [0.5, 0.6) is 0 Å². The van der Waals surface area contributed by atoms with Gasteiger partial charge in [0.05, 0.1) is 12.5 Å². The molecule has 130 valence electrons. The lowest BCUT2D eigenvalue weighted by Gasteiger charge is -2.15. The van der Waals surface area contributed by atoms with Crippen molar-refractivity contribution < 1.29 is 19.4 Å². The summed E-state index contributed by atoms with van der Waals surface area (Å²) in [7, 11) is 0. The third-order valence-electron chi connectivity index (χ3n) is 3.92. The van der Waals surface area contributed by atoms with Gasteiger partial charge in [0.2, 0.25) is 0 Å². The van der Waals surface area contributed by atoms with E-state index in [9.17, 15) is 9.59 Å². The van der Waals surface area contributed by atoms with Gasteiger partial charge in [0.25, 0.3) is 0 Å². The van der Waals surface area contributed by atoms with Crippen LogP contribution in [-0.4, -0.2) is 23.7 Å². The molecule has 0 saturated carbocycles. The molecule has 0 aromatic heterocycles. The molecule has 22 heavy (non-hydrogen) atoms. The lowest BCUT2D eigenvalue weighted by Crippen LogP contribution is -2.19. The summed E-state index contributed by atoms with van der Waals surface area (Å²) in [4.78, 5) is 22.7. The highest BCUT2D eigenvalue weighted by atomic mass is 16.5. The number of ether oxygens (including phenoxy) is 1. The number of carboxylic acids is 1. The Kier molecular flexibility index (Phi) is 14.1. The van der Waals surface area contributed by atoms with E-state index >= 15 is 0 Å². The molecular weight excluding hydrogens is 280 g/mol. The summed E-state index contributed by atoms with van der Waals surface area (Å²) in [5.74, 6) is -1.05. The summed E-state index contributed by atoms with van der Waals surface area (Å²) in [6, 6.07) is 0. The molecule has 0 fully saturated rings. The summed E-state index contributed by atoms with van der Waals surface area (Å²) in [6.45, 7) is 4.75. The van der Waals surface area contributed by atoms with Gasteiger partial charge in [0.15, 0.2) is 0 Å². The third-order valence-corrected chi connectivity index (χ3v) is 3.92. The predicted molar refractivity (Wildman–Crippen MR) is 88.8 cm³/mol. The van der Waals surface area contributed by atoms with E-state index in [0.29, 0.717) is 19.4 Å². The summed E-state index contributed by atoms with van der Waals surface area (Å²) < 4.78 is 5.31. The third kappa shape index (κ3) is 12.7. The number of carboxylic acid groups (broad SMARTS) is 1. The molecule has 4 nitrogen and oxygen atoms in total. The first-order chi connectivity index (χ1) is 10.6. The second kappa shape index (κ2) is 14.9. The summed E-state index contributed by atoms with van der Waals surface area (Å²) in [5.41, 5.74) is 0. The minimum absolute atomic E-state index is 0.123. The SMILES string of the molecule is CCCCCCCCC(CCCC(=O)O)C(=O)OCCCC. The molecule has 1 unspecified atom stereocenters. The van der Waals surface area contributed by atoms with Crippen LogP contribution in [0.15, 0.2) is 0 Å². The van der Waals surface area contributed by atoms with Crippen molar-refractivity contribution in [2.24, 2.45) is 5.92 Å². The van der Waals surface area contributed by atoms with E-state index in [2.05, 4.69) is 13.8 Å². The van der Waals surface area contributed by atoms with Gasteiger partial charge in [0.1, 0.15) is 0 Å². The van der Waals surface area contributed by atoms with Gasteiger partial charge in [0, 0.05) is 6.42 Å². The van der Waals surface area contributed by atoms with Gasteiger partial charge < -0.3 is 9.84 Å². The van der Waals surface area contributed by atoms with E-state index in [1.54, 1.807) is 0 Å². The molecule has 0 heterocycles. The Labute approximate surface area is 135 Å². The van der Waals surface area contributed by atoms with Crippen molar-refractivity contribution in [3.05, 3.63) is 0 Å². The number of rotatable bonds is 15. The number of esters is 1. The highest BCUT2D eigenvalue weighted by Gasteiger charge is 2.19. The molecule has 1 N–H and O–H groups in total. The second-order valence-corrected chi connectivity index (χ2v) is 6.06. The number of carbonyl (C=O) groups excluding carboxylic acids is 1. The second-order valence-electron chi connectivity index (χ2n) is 6.06. The molecule has 0 aliphatic rings. The molecule has 0 radical (unpaired) electrons. The van der Waals surface area contributed by atoms with Gasteiger partial charge in [-0.25, -0.2) is 0 Å². The predicted octanol–water partition coefficient (Wildman–Crippen LogP) is 4.95. The lowest BCUT2D eigenvalue weighted by atomic mass is 9.95. The maximum absolute atomic E-state index is 12.1. The molecule has 0 aromatic carbocycles. The first kappa shape index (κ1) is 20.9. The van der Waals surface area contributed by atoms with E-state index in [0.717, 1.165) is 32.1 Å². The van der Waals surface area contributed by atoms with Crippen molar-refractivity contribution in [3.8, 4) is 0 Å². The number of carbonyl (C=O) groups is 2. The monoisotopic (exact) mass is 314 g/mol. The number of aliphatic carboxylic acids is 1. The zero-order valence-electron chi connectivity index (χ0n) is 14.4. The van der Waals surface area contributed by atoms with E-state index < -0.39 is 5.97 Å². The Morgan fingerprint density at radius 2 is 1.45 bits per heavy atom. The van der Waals surface area contributed by atoms with Crippen LogP contribution in [0.2, 0.25) is 0 Å². The van der Waals surface area contributed by atoms with Crippen LogP contribution in [-0.2, 0) is 14.3 Å². The summed E-state index contributed by atoms with van der Waals surface area (Å²) in [5, 5.41) is 8.72. The number of hydrogen-bond donors (Lipinski definition) is 1. The molecular formula is C18H34O4. The molecule has 0 aliphatic heterocycles. The normalized spacial score (nSPS) is 12.1. The van der Waals surface area contributed by atoms with Gasteiger partial charge >= 0.3 is 11.9 Å². The standard InChI is InChI=1S/C18H34O4/c1-3-5-7-8-9-10-12-16(13-11-14-17(19)20)18(21)22-15-6-4-2/h16H,3-15H2,1-2H3,(H,19,20). The van der Waals surface area contributed by atoms with Crippen LogP contribution >= 0.6 is 0 Å². The maximum Gasteiger partial charge on any atom is 0.308 e. The Bertz CT molecular complexity index is 289. The van der Waals surface area contributed by atoms with Crippen molar-refractivity contribution in [2.75, 3.05) is 6.61 Å². The fourth-order valence-electron chi connectivity index (χ4n) is 2.49. The van der Waals surface area contributed by atoms with Crippen LogP contribution in [0.25, 0.3) is 0 Å². The minimum atomic E-state index is -0.794. The Balaban J connectivity index is 4.03. The smallest absolute Gasteiger partial charge is 0.308 e. The van der Waals surface area contributed by atoms with Crippen molar-refractivity contribution in [2.45, 2.75) is 90.9 Å². The molecule has 0 bridgehead atoms. The maximum atomic E-state index is 12.1. The van der Waals surface area contributed by atoms with Crippen LogP contribution in [0.4, 0.5) is 0 Å². The van der Waals surface area contributed by atoms with E-state index in [-0.39, 0.29) is 18.3 Å². The van der Waals surface area contributed by atoms with Gasteiger partial charge in [-0.15, -0.1) is 0 Å². The van der Waals surface area contributed by atoms with Gasteiger partial charge in [-0.05, 0) is 25.7 Å². The fraction of sp³-hybridized carbons (Fsp3) is 0.889. The first-order valence-electron chi connectivity index (χ1n) is 9.00. The van der Waals surface area contributed by atoms with Gasteiger partial charge in [-0.1, -0.05) is 58.8 Å². The Morgan fingerprint density at radius 3 is 2.09 bits per heavy atom. The first-order valence-corrected chi connectivity index (χ1v) is 9.00. The average molecular weight is 314 g/mol. The quantitative estimate of drug-likeness (QED) is 0.343. The van der Waals surface area contributed by atoms with Gasteiger partial charge in [-0.3, -0.25) is 9.59 Å². The Hall–Kier alpha value is -1.06. The Morgan fingerprint density at radius 1 is 0.864 bits per heavy atom. The lowest BCUT2D eigenvalue weighted by molar-refractivity contribution is -0.149. The van der Waals surface area contributed by atoms with Gasteiger partial charge in [-0.2, -0.15) is 0 Å². The van der Waals surface area contributed by atoms with Crippen molar-refractivity contribution in [3.63, 3.8) is 0 Å². The zero-order valence-corrected chi connectivity index (χ0v) is 14.4. The van der Waals surface area contributed by atoms with E-state index in [1.807, 2.05) is 0 Å². The minimum Gasteiger partial charge on any atom is -0.481 e. The molecule has 0 amide bonds. The fourth-order valence-corrected chi connectivity index (χ4v) is 2.49.